The normalized spacial score (nSPS) is 14.3. The van der Waals surface area contributed by atoms with Crippen molar-refractivity contribution in [3.05, 3.63) is 115 Å². The molecule has 4 aromatic carbocycles. The summed E-state index contributed by atoms with van der Waals surface area (Å²) in [6, 6.07) is 37.8. The van der Waals surface area contributed by atoms with E-state index in [1.54, 1.807) is 0 Å². The molecule has 0 amide bonds. The van der Waals surface area contributed by atoms with Gasteiger partial charge >= 0.3 is 0 Å². The van der Waals surface area contributed by atoms with Crippen LogP contribution >= 0.6 is 11.3 Å². The van der Waals surface area contributed by atoms with Gasteiger partial charge in [0.1, 0.15) is 0 Å². The summed E-state index contributed by atoms with van der Waals surface area (Å²) >= 11 is 1.88. The first-order valence-corrected chi connectivity index (χ1v) is 14.7. The number of nitrogens with zero attached hydrogens (tertiary/aromatic N) is 1. The van der Waals surface area contributed by atoms with E-state index in [1.807, 2.05) is 17.5 Å². The molecule has 1 aliphatic rings. The molecule has 0 unspecified atom stereocenters. The number of hydrogen-bond donors (Lipinski definition) is 0. The van der Waals surface area contributed by atoms with E-state index in [9.17, 15) is 0 Å². The number of rotatable bonds is 5. The van der Waals surface area contributed by atoms with Crippen LogP contribution in [0, 0.1) is 5.92 Å². The third-order valence-electron chi connectivity index (χ3n) is 8.17. The molecule has 2 heteroatoms. The summed E-state index contributed by atoms with van der Waals surface area (Å²) in [4.78, 5) is 4.76. The molecular weight excluding hydrogens is 478 g/mol. The molecule has 0 atom stereocenters. The second-order valence-electron chi connectivity index (χ2n) is 10.7. The number of thiophene rings is 1. The van der Waals surface area contributed by atoms with Crippen LogP contribution in [0.4, 0.5) is 0 Å². The summed E-state index contributed by atoms with van der Waals surface area (Å²) < 4.78 is 2.67. The Morgan fingerprint density at radius 2 is 1.29 bits per heavy atom. The average molecular weight is 510 g/mol. The molecule has 0 radical (unpaired) electrons. The lowest BCUT2D eigenvalue weighted by atomic mass is 9.85. The molecule has 0 aliphatic heterocycles. The quantitative estimate of drug-likeness (QED) is 0.225. The maximum atomic E-state index is 4.76. The standard InChI is InChI=1S/C36H31NS/c1-3-7-25(8-4-1)21-26-19-20-37-34(22-26)31-16-18-35-33(23-31)32-17-15-30(24-36(32)38-35)29-13-11-28(12-14-29)27-9-5-2-6-10-27/h2,5-6,9-20,22-25H,1,3-4,7-8,21H2. The van der Waals surface area contributed by atoms with Crippen LogP contribution in [0.1, 0.15) is 37.7 Å². The summed E-state index contributed by atoms with van der Waals surface area (Å²) in [6.45, 7) is 0. The summed E-state index contributed by atoms with van der Waals surface area (Å²) in [6.07, 6.45) is 10.1. The molecule has 0 spiro atoms. The number of hydrogen-bond acceptors (Lipinski definition) is 2. The average Bonchev–Trinajstić information content (AvgIpc) is 3.35. The molecule has 6 aromatic rings. The highest BCUT2D eigenvalue weighted by molar-refractivity contribution is 7.25. The van der Waals surface area contributed by atoms with Crippen molar-refractivity contribution >= 4 is 31.5 Å². The van der Waals surface area contributed by atoms with E-state index in [-0.39, 0.29) is 0 Å². The number of aromatic nitrogens is 1. The highest BCUT2D eigenvalue weighted by Crippen LogP contribution is 2.38. The third-order valence-corrected chi connectivity index (χ3v) is 9.30. The van der Waals surface area contributed by atoms with Crippen molar-refractivity contribution in [2.75, 3.05) is 0 Å². The fourth-order valence-electron chi connectivity index (χ4n) is 6.09. The van der Waals surface area contributed by atoms with Crippen LogP contribution in [0.5, 0.6) is 0 Å². The Morgan fingerprint density at radius 3 is 2.11 bits per heavy atom. The number of benzene rings is 4. The largest absolute Gasteiger partial charge is 0.256 e. The predicted molar refractivity (Wildman–Crippen MR) is 164 cm³/mol. The lowest BCUT2D eigenvalue weighted by molar-refractivity contribution is 0.356. The van der Waals surface area contributed by atoms with Gasteiger partial charge in [0.05, 0.1) is 5.69 Å². The van der Waals surface area contributed by atoms with Gasteiger partial charge in [-0.15, -0.1) is 11.3 Å². The van der Waals surface area contributed by atoms with Crippen LogP contribution in [0.25, 0.3) is 53.7 Å². The summed E-state index contributed by atoms with van der Waals surface area (Å²) in [5.74, 6) is 0.839. The van der Waals surface area contributed by atoms with E-state index in [1.165, 1.54) is 92.1 Å². The molecule has 7 rings (SSSR count). The van der Waals surface area contributed by atoms with Gasteiger partial charge in [0.2, 0.25) is 0 Å². The van der Waals surface area contributed by atoms with E-state index >= 15 is 0 Å². The SMILES string of the molecule is c1ccc(-c2ccc(-c3ccc4c(c3)sc3ccc(-c5cc(CC6CCCCC6)ccn5)cc34)cc2)cc1. The molecule has 2 aromatic heterocycles. The van der Waals surface area contributed by atoms with Crippen molar-refractivity contribution in [2.24, 2.45) is 5.92 Å². The molecule has 1 saturated carbocycles. The van der Waals surface area contributed by atoms with Crippen LogP contribution in [-0.2, 0) is 6.42 Å². The van der Waals surface area contributed by atoms with Crippen molar-refractivity contribution in [3.63, 3.8) is 0 Å². The predicted octanol–water partition coefficient (Wildman–Crippen LogP) is 10.6. The van der Waals surface area contributed by atoms with Crippen LogP contribution < -0.4 is 0 Å². The second-order valence-corrected chi connectivity index (χ2v) is 11.8. The maximum Gasteiger partial charge on any atom is 0.0704 e. The van der Waals surface area contributed by atoms with Crippen LogP contribution in [0.2, 0.25) is 0 Å². The molecule has 2 heterocycles. The fourth-order valence-corrected chi connectivity index (χ4v) is 7.21. The van der Waals surface area contributed by atoms with Crippen molar-refractivity contribution in [3.8, 4) is 33.5 Å². The van der Waals surface area contributed by atoms with Crippen molar-refractivity contribution in [1.82, 2.24) is 4.98 Å². The molecule has 0 N–H and O–H groups in total. The zero-order valence-corrected chi connectivity index (χ0v) is 22.4. The summed E-state index contributed by atoms with van der Waals surface area (Å²) in [7, 11) is 0. The van der Waals surface area contributed by atoms with Gasteiger partial charge in [-0.25, -0.2) is 0 Å². The zero-order valence-electron chi connectivity index (χ0n) is 21.6. The Hall–Kier alpha value is -3.75. The molecule has 186 valence electrons. The van der Waals surface area contributed by atoms with Gasteiger partial charge < -0.3 is 0 Å². The molecular formula is C36H31NS. The minimum atomic E-state index is 0.839. The Labute approximate surface area is 228 Å². The van der Waals surface area contributed by atoms with E-state index < -0.39 is 0 Å². The third kappa shape index (κ3) is 4.66. The molecule has 1 nitrogen and oxygen atoms in total. The minimum absolute atomic E-state index is 0.839. The molecule has 1 aliphatic carbocycles. The van der Waals surface area contributed by atoms with Gasteiger partial charge in [-0.05, 0) is 70.5 Å². The van der Waals surface area contributed by atoms with Crippen LogP contribution in [0.15, 0.2) is 109 Å². The Bertz CT molecular complexity index is 1710. The lowest BCUT2D eigenvalue weighted by Crippen LogP contribution is -2.09. The zero-order chi connectivity index (χ0) is 25.3. The molecule has 0 bridgehead atoms. The van der Waals surface area contributed by atoms with E-state index in [2.05, 4.69) is 103 Å². The van der Waals surface area contributed by atoms with Crippen molar-refractivity contribution in [2.45, 2.75) is 38.5 Å². The summed E-state index contributed by atoms with van der Waals surface area (Å²) in [5.41, 5.74) is 8.76. The first-order valence-electron chi connectivity index (χ1n) is 13.9. The topological polar surface area (TPSA) is 12.9 Å². The monoisotopic (exact) mass is 509 g/mol. The Balaban J connectivity index is 1.18. The van der Waals surface area contributed by atoms with Crippen molar-refractivity contribution in [1.29, 1.82) is 0 Å². The smallest absolute Gasteiger partial charge is 0.0704 e. The van der Waals surface area contributed by atoms with Crippen molar-refractivity contribution < 1.29 is 0 Å². The Morgan fingerprint density at radius 1 is 0.579 bits per heavy atom. The van der Waals surface area contributed by atoms with Gasteiger partial charge in [-0.2, -0.15) is 0 Å². The van der Waals surface area contributed by atoms with E-state index in [0.29, 0.717) is 0 Å². The second kappa shape index (κ2) is 10.2. The minimum Gasteiger partial charge on any atom is -0.256 e. The number of pyridine rings is 1. The van der Waals surface area contributed by atoms with Gasteiger partial charge in [-0.1, -0.05) is 105 Å². The van der Waals surface area contributed by atoms with Crippen LogP contribution in [-0.4, -0.2) is 4.98 Å². The first-order chi connectivity index (χ1) is 18.8. The van der Waals surface area contributed by atoms with Gasteiger partial charge in [0.25, 0.3) is 0 Å². The Kier molecular flexibility index (Phi) is 6.27. The number of fused-ring (bicyclic) bond motifs is 3. The highest BCUT2D eigenvalue weighted by atomic mass is 32.1. The van der Waals surface area contributed by atoms with E-state index in [4.69, 9.17) is 4.98 Å². The van der Waals surface area contributed by atoms with Gasteiger partial charge in [0, 0.05) is 31.9 Å². The van der Waals surface area contributed by atoms with Gasteiger partial charge in [0.15, 0.2) is 0 Å². The van der Waals surface area contributed by atoms with Crippen LogP contribution in [0.3, 0.4) is 0 Å². The fraction of sp³-hybridized carbons (Fsp3) is 0.194. The van der Waals surface area contributed by atoms with E-state index in [0.717, 1.165) is 11.6 Å². The highest BCUT2D eigenvalue weighted by Gasteiger charge is 2.15. The molecule has 38 heavy (non-hydrogen) atoms. The summed E-state index contributed by atoms with van der Waals surface area (Å²) in [5, 5.41) is 2.66. The maximum absolute atomic E-state index is 4.76. The lowest BCUT2D eigenvalue weighted by Gasteiger charge is -2.21. The molecule has 1 fully saturated rings. The van der Waals surface area contributed by atoms with Gasteiger partial charge in [-0.3, -0.25) is 4.98 Å². The first kappa shape index (κ1) is 23.4. The molecule has 0 saturated heterocycles.